The Kier molecular flexibility index (Phi) is 3.48. The highest BCUT2D eigenvalue weighted by atomic mass is 16.2. The summed E-state index contributed by atoms with van der Waals surface area (Å²) in [6, 6.07) is 8.97. The summed E-state index contributed by atoms with van der Waals surface area (Å²) in [6.45, 7) is 1.94. The molecule has 2 aromatic rings. The van der Waals surface area contributed by atoms with Crippen LogP contribution in [0, 0.1) is 18.3 Å². The highest BCUT2D eigenvalue weighted by Crippen LogP contribution is 2.13. The molecule has 1 heterocycles. The summed E-state index contributed by atoms with van der Waals surface area (Å²) in [6.07, 6.45) is 1.54. The maximum atomic E-state index is 11.8. The maximum Gasteiger partial charge on any atom is 0.324 e. The fourth-order valence-electron chi connectivity index (χ4n) is 1.66. The molecule has 19 heavy (non-hydrogen) atoms. The number of anilines is 2. The zero-order valence-electron chi connectivity index (χ0n) is 10.6. The van der Waals surface area contributed by atoms with E-state index in [0.29, 0.717) is 11.3 Å². The lowest BCUT2D eigenvalue weighted by atomic mass is 10.2. The first kappa shape index (κ1) is 12.6. The lowest BCUT2D eigenvalue weighted by Gasteiger charge is -2.06. The Morgan fingerprint density at radius 1 is 1.42 bits per heavy atom. The number of benzene rings is 1. The molecule has 0 fully saturated rings. The van der Waals surface area contributed by atoms with Crippen molar-refractivity contribution in [2.24, 2.45) is 7.05 Å². The molecule has 0 aliphatic carbocycles. The molecule has 0 aliphatic heterocycles. The lowest BCUT2D eigenvalue weighted by molar-refractivity contribution is 0.262. The van der Waals surface area contributed by atoms with Crippen molar-refractivity contribution in [3.05, 3.63) is 41.6 Å². The fraction of sp³-hybridized carbons (Fsp3) is 0.154. The van der Waals surface area contributed by atoms with E-state index in [-0.39, 0.29) is 5.82 Å². The van der Waals surface area contributed by atoms with E-state index < -0.39 is 6.03 Å². The van der Waals surface area contributed by atoms with Crippen molar-refractivity contribution < 1.29 is 4.79 Å². The minimum absolute atomic E-state index is 0.246. The van der Waals surface area contributed by atoms with Crippen LogP contribution in [0.1, 0.15) is 11.1 Å². The number of urea groups is 1. The number of rotatable bonds is 2. The van der Waals surface area contributed by atoms with E-state index in [1.807, 2.05) is 31.2 Å². The van der Waals surface area contributed by atoms with Crippen LogP contribution in [0.15, 0.2) is 30.5 Å². The van der Waals surface area contributed by atoms with Gasteiger partial charge >= 0.3 is 6.03 Å². The van der Waals surface area contributed by atoms with Gasteiger partial charge in [-0.05, 0) is 24.6 Å². The standard InChI is InChI=1S/C13H13N5O/c1-9-4-3-5-11(6-9)15-13(19)16-12-10(7-14)8-18(2)17-12/h3-6,8H,1-2H3,(H2,15,16,17,19). The molecule has 0 saturated carbocycles. The summed E-state index contributed by atoms with van der Waals surface area (Å²) in [4.78, 5) is 11.8. The molecule has 0 spiro atoms. The average Bonchev–Trinajstić information content (AvgIpc) is 2.69. The van der Waals surface area contributed by atoms with E-state index in [0.717, 1.165) is 5.56 Å². The number of nitrogens with zero attached hydrogens (tertiary/aromatic N) is 3. The lowest BCUT2D eigenvalue weighted by Crippen LogP contribution is -2.20. The molecule has 0 aliphatic rings. The Morgan fingerprint density at radius 2 is 2.21 bits per heavy atom. The molecule has 96 valence electrons. The highest BCUT2D eigenvalue weighted by Gasteiger charge is 2.10. The van der Waals surface area contributed by atoms with Gasteiger partial charge in [-0.3, -0.25) is 10.00 Å². The summed E-state index contributed by atoms with van der Waals surface area (Å²) < 4.78 is 1.47. The van der Waals surface area contributed by atoms with Crippen molar-refractivity contribution in [1.82, 2.24) is 9.78 Å². The van der Waals surface area contributed by atoms with Gasteiger partial charge in [-0.25, -0.2) is 4.79 Å². The Hall–Kier alpha value is -2.81. The van der Waals surface area contributed by atoms with Gasteiger partial charge in [0.15, 0.2) is 5.82 Å². The molecule has 6 heteroatoms. The topological polar surface area (TPSA) is 82.7 Å². The number of nitrogens with one attached hydrogen (secondary N) is 2. The summed E-state index contributed by atoms with van der Waals surface area (Å²) >= 11 is 0. The molecule has 1 aromatic carbocycles. The van der Waals surface area contributed by atoms with E-state index in [1.54, 1.807) is 19.3 Å². The molecular formula is C13H13N5O. The second-order valence-electron chi connectivity index (χ2n) is 4.13. The van der Waals surface area contributed by atoms with Gasteiger partial charge in [0.2, 0.25) is 0 Å². The summed E-state index contributed by atoms with van der Waals surface area (Å²) in [5, 5.41) is 18.1. The normalized spacial score (nSPS) is 9.74. The Balaban J connectivity index is 2.08. The minimum atomic E-state index is -0.430. The van der Waals surface area contributed by atoms with Crippen molar-refractivity contribution in [1.29, 1.82) is 5.26 Å². The number of carbonyl (C=O) groups excluding carboxylic acids is 1. The first-order valence-electron chi connectivity index (χ1n) is 5.67. The van der Waals surface area contributed by atoms with E-state index in [2.05, 4.69) is 15.7 Å². The van der Waals surface area contributed by atoms with Crippen molar-refractivity contribution in [2.45, 2.75) is 6.92 Å². The van der Waals surface area contributed by atoms with Gasteiger partial charge < -0.3 is 5.32 Å². The number of carbonyl (C=O) groups is 1. The average molecular weight is 255 g/mol. The Bertz CT molecular complexity index is 653. The van der Waals surface area contributed by atoms with Crippen molar-refractivity contribution in [3.8, 4) is 6.07 Å². The molecule has 0 atom stereocenters. The summed E-state index contributed by atoms with van der Waals surface area (Å²) in [7, 11) is 1.69. The number of aryl methyl sites for hydroxylation is 2. The number of nitriles is 1. The zero-order chi connectivity index (χ0) is 13.8. The maximum absolute atomic E-state index is 11.8. The van der Waals surface area contributed by atoms with Gasteiger partial charge in [0.05, 0.1) is 0 Å². The Labute approximate surface area is 110 Å². The molecule has 2 amide bonds. The van der Waals surface area contributed by atoms with Crippen molar-refractivity contribution in [3.63, 3.8) is 0 Å². The van der Waals surface area contributed by atoms with Gasteiger partial charge in [0, 0.05) is 18.9 Å². The first-order chi connectivity index (χ1) is 9.08. The minimum Gasteiger partial charge on any atom is -0.308 e. The third-order valence-electron chi connectivity index (χ3n) is 2.46. The van der Waals surface area contributed by atoms with Crippen LogP contribution in [-0.2, 0) is 7.05 Å². The highest BCUT2D eigenvalue weighted by molar-refractivity contribution is 5.99. The van der Waals surface area contributed by atoms with Gasteiger partial charge in [-0.1, -0.05) is 12.1 Å². The van der Waals surface area contributed by atoms with Gasteiger partial charge in [-0.15, -0.1) is 0 Å². The molecule has 6 nitrogen and oxygen atoms in total. The van der Waals surface area contributed by atoms with Gasteiger partial charge in [0.1, 0.15) is 11.6 Å². The van der Waals surface area contributed by atoms with Crippen LogP contribution in [0.3, 0.4) is 0 Å². The fourth-order valence-corrected chi connectivity index (χ4v) is 1.66. The van der Waals surface area contributed by atoms with Crippen LogP contribution < -0.4 is 10.6 Å². The Morgan fingerprint density at radius 3 is 2.89 bits per heavy atom. The van der Waals surface area contributed by atoms with Crippen molar-refractivity contribution in [2.75, 3.05) is 10.6 Å². The quantitative estimate of drug-likeness (QED) is 0.863. The van der Waals surface area contributed by atoms with E-state index >= 15 is 0 Å². The molecule has 2 rings (SSSR count). The number of hydrogen-bond donors (Lipinski definition) is 2. The summed E-state index contributed by atoms with van der Waals surface area (Å²) in [5.74, 6) is 0.246. The molecular weight excluding hydrogens is 242 g/mol. The smallest absolute Gasteiger partial charge is 0.308 e. The number of amides is 2. The molecule has 0 saturated heterocycles. The largest absolute Gasteiger partial charge is 0.324 e. The third kappa shape index (κ3) is 3.10. The van der Waals surface area contributed by atoms with Crippen molar-refractivity contribution >= 4 is 17.5 Å². The van der Waals surface area contributed by atoms with Crippen LogP contribution in [0.4, 0.5) is 16.3 Å². The molecule has 0 radical (unpaired) electrons. The predicted molar refractivity (Wildman–Crippen MR) is 71.7 cm³/mol. The molecule has 0 unspecified atom stereocenters. The second-order valence-corrected chi connectivity index (χ2v) is 4.13. The molecule has 0 bridgehead atoms. The van der Waals surface area contributed by atoms with Crippen LogP contribution in [0.2, 0.25) is 0 Å². The van der Waals surface area contributed by atoms with Crippen LogP contribution in [-0.4, -0.2) is 15.8 Å². The predicted octanol–water partition coefficient (Wildman–Crippen LogP) is 2.24. The van der Waals surface area contributed by atoms with Crippen LogP contribution in [0.25, 0.3) is 0 Å². The number of hydrogen-bond acceptors (Lipinski definition) is 3. The van der Waals surface area contributed by atoms with Crippen LogP contribution in [0.5, 0.6) is 0 Å². The second kappa shape index (κ2) is 5.23. The van der Waals surface area contributed by atoms with Gasteiger partial charge in [-0.2, -0.15) is 10.4 Å². The first-order valence-corrected chi connectivity index (χ1v) is 5.67. The third-order valence-corrected chi connectivity index (χ3v) is 2.46. The monoisotopic (exact) mass is 255 g/mol. The van der Waals surface area contributed by atoms with Gasteiger partial charge in [0.25, 0.3) is 0 Å². The summed E-state index contributed by atoms with van der Waals surface area (Å²) in [5.41, 5.74) is 2.06. The van der Waals surface area contributed by atoms with Crippen LogP contribution >= 0.6 is 0 Å². The molecule has 2 N–H and O–H groups in total. The van der Waals surface area contributed by atoms with E-state index in [1.165, 1.54) is 4.68 Å². The van der Waals surface area contributed by atoms with E-state index in [4.69, 9.17) is 5.26 Å². The SMILES string of the molecule is Cc1cccc(NC(=O)Nc2nn(C)cc2C#N)c1. The number of aromatic nitrogens is 2. The zero-order valence-corrected chi connectivity index (χ0v) is 10.6. The molecule has 1 aromatic heterocycles. The van der Waals surface area contributed by atoms with E-state index in [9.17, 15) is 4.79 Å².